The van der Waals surface area contributed by atoms with Crippen LogP contribution < -0.4 is 0 Å². The Balaban J connectivity index is 1.92. The Hall–Kier alpha value is 0.270. The van der Waals surface area contributed by atoms with E-state index in [9.17, 15) is 0 Å². The van der Waals surface area contributed by atoms with E-state index in [1.807, 2.05) is 11.9 Å². The van der Waals surface area contributed by atoms with Gasteiger partial charge in [-0.15, -0.1) is 0 Å². The second-order valence-corrected chi connectivity index (χ2v) is 4.29. The summed E-state index contributed by atoms with van der Waals surface area (Å²) in [6, 6.07) is 0. The maximum absolute atomic E-state index is 5.44. The molecule has 2 aliphatic rings. The lowest BCUT2D eigenvalue weighted by Crippen LogP contribution is -2.25. The summed E-state index contributed by atoms with van der Waals surface area (Å²) in [6.07, 6.45) is 3.44. The van der Waals surface area contributed by atoms with Crippen LogP contribution in [0.25, 0.3) is 0 Å². The van der Waals surface area contributed by atoms with Crippen molar-refractivity contribution < 1.29 is 4.74 Å². The predicted molar refractivity (Wildman–Crippen MR) is 47.5 cm³/mol. The van der Waals surface area contributed by atoms with Crippen molar-refractivity contribution in [3.63, 3.8) is 0 Å². The topological polar surface area (TPSA) is 12.5 Å². The number of rotatable bonds is 1. The molecule has 64 valence electrons. The first-order valence-electron chi connectivity index (χ1n) is 4.27. The highest BCUT2D eigenvalue weighted by atomic mass is 32.2. The normalized spacial score (nSPS) is 39.0. The molecule has 0 amide bonds. The molecule has 0 aromatic rings. The van der Waals surface area contributed by atoms with E-state index in [1.54, 1.807) is 0 Å². The van der Waals surface area contributed by atoms with Gasteiger partial charge in [0.05, 0.1) is 6.61 Å². The molecule has 0 saturated carbocycles. The van der Waals surface area contributed by atoms with Gasteiger partial charge in [-0.1, -0.05) is 11.9 Å². The Bertz CT molecular complexity index is 128. The van der Waals surface area contributed by atoms with E-state index in [4.69, 9.17) is 4.74 Å². The summed E-state index contributed by atoms with van der Waals surface area (Å²) in [5.74, 6) is 1.76. The van der Waals surface area contributed by atoms with Crippen LogP contribution in [0.1, 0.15) is 6.42 Å². The standard InChI is InChI=1S/C8H15NOS/c1-11-9-4-7-2-3-10-6-8(7)5-9/h7-8H,2-6H2,1H3. The van der Waals surface area contributed by atoms with Crippen LogP contribution in [0.2, 0.25) is 0 Å². The largest absolute Gasteiger partial charge is 0.381 e. The summed E-state index contributed by atoms with van der Waals surface area (Å²) < 4.78 is 7.90. The van der Waals surface area contributed by atoms with E-state index in [1.165, 1.54) is 19.5 Å². The summed E-state index contributed by atoms with van der Waals surface area (Å²) in [4.78, 5) is 0. The van der Waals surface area contributed by atoms with Crippen molar-refractivity contribution in [3.8, 4) is 0 Å². The van der Waals surface area contributed by atoms with Crippen molar-refractivity contribution >= 4 is 11.9 Å². The average molecular weight is 173 g/mol. The number of fused-ring (bicyclic) bond motifs is 1. The number of hydrogen-bond acceptors (Lipinski definition) is 3. The van der Waals surface area contributed by atoms with Crippen LogP contribution in [0.4, 0.5) is 0 Å². The monoisotopic (exact) mass is 173 g/mol. The van der Waals surface area contributed by atoms with E-state index < -0.39 is 0 Å². The predicted octanol–water partition coefficient (Wildman–Crippen LogP) is 1.23. The molecule has 2 fully saturated rings. The van der Waals surface area contributed by atoms with Crippen LogP contribution in [0.3, 0.4) is 0 Å². The summed E-state index contributed by atoms with van der Waals surface area (Å²) in [5, 5.41) is 0. The highest BCUT2D eigenvalue weighted by Crippen LogP contribution is 2.32. The van der Waals surface area contributed by atoms with Crippen LogP contribution in [-0.4, -0.2) is 36.9 Å². The van der Waals surface area contributed by atoms with Crippen LogP contribution in [0.15, 0.2) is 0 Å². The number of nitrogens with zero attached hydrogens (tertiary/aromatic N) is 1. The van der Waals surface area contributed by atoms with E-state index in [0.717, 1.165) is 25.0 Å². The highest BCUT2D eigenvalue weighted by Gasteiger charge is 2.34. The molecule has 2 unspecified atom stereocenters. The van der Waals surface area contributed by atoms with Gasteiger partial charge in [0.15, 0.2) is 0 Å². The van der Waals surface area contributed by atoms with Crippen molar-refractivity contribution in [3.05, 3.63) is 0 Å². The fourth-order valence-electron chi connectivity index (χ4n) is 2.03. The minimum atomic E-state index is 0.830. The van der Waals surface area contributed by atoms with E-state index >= 15 is 0 Å². The summed E-state index contributed by atoms with van der Waals surface area (Å²) in [5.41, 5.74) is 0. The second-order valence-electron chi connectivity index (χ2n) is 3.41. The molecule has 2 atom stereocenters. The summed E-state index contributed by atoms with van der Waals surface area (Å²) in [7, 11) is 0. The van der Waals surface area contributed by atoms with Gasteiger partial charge in [0.2, 0.25) is 0 Å². The lowest BCUT2D eigenvalue weighted by Gasteiger charge is -2.23. The van der Waals surface area contributed by atoms with Crippen LogP contribution in [-0.2, 0) is 4.74 Å². The van der Waals surface area contributed by atoms with Crippen molar-refractivity contribution in [2.24, 2.45) is 11.8 Å². The molecule has 0 radical (unpaired) electrons. The Morgan fingerprint density at radius 2 is 2.18 bits per heavy atom. The van der Waals surface area contributed by atoms with Gasteiger partial charge < -0.3 is 4.74 Å². The van der Waals surface area contributed by atoms with Gasteiger partial charge in [-0.3, -0.25) is 4.31 Å². The molecule has 3 heteroatoms. The zero-order valence-corrected chi connectivity index (χ0v) is 7.77. The molecule has 0 aromatic heterocycles. The van der Waals surface area contributed by atoms with Crippen molar-refractivity contribution in [2.75, 3.05) is 32.6 Å². The van der Waals surface area contributed by atoms with Crippen molar-refractivity contribution in [1.82, 2.24) is 4.31 Å². The Kier molecular flexibility index (Phi) is 2.39. The van der Waals surface area contributed by atoms with E-state index in [0.29, 0.717) is 0 Å². The minimum absolute atomic E-state index is 0.830. The third-order valence-electron chi connectivity index (χ3n) is 2.77. The molecule has 2 saturated heterocycles. The van der Waals surface area contributed by atoms with Crippen LogP contribution in [0.5, 0.6) is 0 Å². The first kappa shape index (κ1) is 7.90. The molecule has 0 bridgehead atoms. The fourth-order valence-corrected chi connectivity index (χ4v) is 2.71. The van der Waals surface area contributed by atoms with Gasteiger partial charge in [-0.25, -0.2) is 0 Å². The molecule has 2 rings (SSSR count). The Labute approximate surface area is 72.4 Å². The molecule has 0 spiro atoms. The van der Waals surface area contributed by atoms with Crippen molar-refractivity contribution in [1.29, 1.82) is 0 Å². The Morgan fingerprint density at radius 1 is 1.36 bits per heavy atom. The van der Waals surface area contributed by atoms with Crippen LogP contribution >= 0.6 is 11.9 Å². The second kappa shape index (κ2) is 3.33. The lowest BCUT2D eigenvalue weighted by molar-refractivity contribution is 0.0372. The van der Waals surface area contributed by atoms with Crippen LogP contribution in [0, 0.1) is 11.8 Å². The van der Waals surface area contributed by atoms with Gasteiger partial charge in [0.1, 0.15) is 0 Å². The third kappa shape index (κ3) is 1.55. The lowest BCUT2D eigenvalue weighted by atomic mass is 9.92. The van der Waals surface area contributed by atoms with Gasteiger partial charge in [-0.05, 0) is 18.6 Å². The number of ether oxygens (including phenoxy) is 1. The molecule has 2 heterocycles. The maximum atomic E-state index is 5.44. The van der Waals surface area contributed by atoms with Gasteiger partial charge >= 0.3 is 0 Å². The number of hydrogen-bond donors (Lipinski definition) is 0. The molecular formula is C8H15NOS. The smallest absolute Gasteiger partial charge is 0.0510 e. The van der Waals surface area contributed by atoms with Gasteiger partial charge in [0, 0.05) is 25.6 Å². The van der Waals surface area contributed by atoms with Gasteiger partial charge in [0.25, 0.3) is 0 Å². The average Bonchev–Trinajstić information content (AvgIpc) is 2.46. The molecule has 2 nitrogen and oxygen atoms in total. The molecule has 0 aliphatic carbocycles. The fraction of sp³-hybridized carbons (Fsp3) is 1.00. The summed E-state index contributed by atoms with van der Waals surface area (Å²) in [6.45, 7) is 4.52. The molecule has 0 aromatic carbocycles. The molecular weight excluding hydrogens is 158 g/mol. The van der Waals surface area contributed by atoms with Gasteiger partial charge in [-0.2, -0.15) is 0 Å². The zero-order valence-electron chi connectivity index (χ0n) is 6.95. The molecule has 0 N–H and O–H groups in total. The molecule has 11 heavy (non-hydrogen) atoms. The van der Waals surface area contributed by atoms with Crippen molar-refractivity contribution in [2.45, 2.75) is 6.42 Å². The molecule has 2 aliphatic heterocycles. The summed E-state index contributed by atoms with van der Waals surface area (Å²) >= 11 is 1.88. The third-order valence-corrected chi connectivity index (χ3v) is 3.58. The van der Waals surface area contributed by atoms with E-state index in [2.05, 4.69) is 10.6 Å². The van der Waals surface area contributed by atoms with E-state index in [-0.39, 0.29) is 0 Å². The maximum Gasteiger partial charge on any atom is 0.0510 e. The quantitative estimate of drug-likeness (QED) is 0.553. The first-order chi connectivity index (χ1) is 5.40. The first-order valence-corrected chi connectivity index (χ1v) is 5.45. The highest BCUT2D eigenvalue weighted by molar-refractivity contribution is 7.96. The zero-order chi connectivity index (χ0) is 7.68. The SMILES string of the molecule is CSN1CC2CCOCC2C1. The minimum Gasteiger partial charge on any atom is -0.381 e. The Morgan fingerprint density at radius 3 is 2.91 bits per heavy atom.